The molecule has 1 aromatic rings. The van der Waals surface area contributed by atoms with Crippen molar-refractivity contribution in [2.45, 2.75) is 19.5 Å². The van der Waals surface area contributed by atoms with Crippen molar-refractivity contribution >= 4 is 0 Å². The van der Waals surface area contributed by atoms with Crippen LogP contribution in [-0.2, 0) is 19.5 Å². The van der Waals surface area contributed by atoms with Crippen molar-refractivity contribution in [3.05, 3.63) is 29.1 Å². The summed E-state index contributed by atoms with van der Waals surface area (Å²) in [6.07, 6.45) is 2.95. The molecule has 2 rings (SSSR count). The number of hydrogen-bond acceptors (Lipinski definition) is 3. The van der Waals surface area contributed by atoms with Gasteiger partial charge in [-0.3, -0.25) is 4.98 Å². The van der Waals surface area contributed by atoms with Crippen LogP contribution in [0.2, 0.25) is 0 Å². The highest BCUT2D eigenvalue weighted by molar-refractivity contribution is 5.27. The molecule has 1 aromatic heterocycles. The van der Waals surface area contributed by atoms with Crippen LogP contribution >= 0.6 is 0 Å². The Morgan fingerprint density at radius 1 is 1.58 bits per heavy atom. The molecule has 3 N–H and O–H groups in total. The van der Waals surface area contributed by atoms with E-state index in [4.69, 9.17) is 5.73 Å². The smallest absolute Gasteiger partial charge is 0.0574 e. The molecule has 0 saturated heterocycles. The number of pyridine rings is 1. The molecule has 0 fully saturated rings. The average Bonchev–Trinajstić information content (AvgIpc) is 2.17. The second-order valence-corrected chi connectivity index (χ2v) is 3.08. The monoisotopic (exact) mass is 163 g/mol. The van der Waals surface area contributed by atoms with E-state index in [1.807, 2.05) is 6.20 Å². The summed E-state index contributed by atoms with van der Waals surface area (Å²) >= 11 is 0. The Bertz CT molecular complexity index is 283. The maximum Gasteiger partial charge on any atom is 0.0574 e. The number of rotatable bonds is 1. The van der Waals surface area contributed by atoms with E-state index in [-0.39, 0.29) is 0 Å². The van der Waals surface area contributed by atoms with E-state index in [2.05, 4.69) is 16.4 Å². The maximum atomic E-state index is 5.53. The minimum Gasteiger partial charge on any atom is -0.326 e. The SMILES string of the molecule is NCc1cnc2c(c1)CCNC2. The summed E-state index contributed by atoms with van der Waals surface area (Å²) in [6.45, 7) is 2.55. The molecule has 0 unspecified atom stereocenters. The molecule has 1 aliphatic rings. The van der Waals surface area contributed by atoms with E-state index in [1.165, 1.54) is 11.3 Å². The number of hydrogen-bond donors (Lipinski definition) is 2. The summed E-state index contributed by atoms with van der Waals surface area (Å²) < 4.78 is 0. The topological polar surface area (TPSA) is 50.9 Å². The normalized spacial score (nSPS) is 15.8. The van der Waals surface area contributed by atoms with Crippen molar-refractivity contribution in [3.8, 4) is 0 Å². The van der Waals surface area contributed by atoms with Crippen molar-refractivity contribution in [2.75, 3.05) is 6.54 Å². The summed E-state index contributed by atoms with van der Waals surface area (Å²) in [7, 11) is 0. The summed E-state index contributed by atoms with van der Waals surface area (Å²) in [6, 6.07) is 2.17. The van der Waals surface area contributed by atoms with Gasteiger partial charge in [0.1, 0.15) is 0 Å². The van der Waals surface area contributed by atoms with Crippen LogP contribution in [0.1, 0.15) is 16.8 Å². The molecular formula is C9H13N3. The maximum absolute atomic E-state index is 5.53. The van der Waals surface area contributed by atoms with Gasteiger partial charge in [0, 0.05) is 19.3 Å². The lowest BCUT2D eigenvalue weighted by Gasteiger charge is -2.16. The van der Waals surface area contributed by atoms with Gasteiger partial charge in [-0.15, -0.1) is 0 Å². The number of nitrogens with zero attached hydrogens (tertiary/aromatic N) is 1. The molecule has 0 aliphatic carbocycles. The summed E-state index contributed by atoms with van der Waals surface area (Å²) in [5.74, 6) is 0. The van der Waals surface area contributed by atoms with Crippen molar-refractivity contribution in [1.82, 2.24) is 10.3 Å². The molecular weight excluding hydrogens is 150 g/mol. The van der Waals surface area contributed by atoms with E-state index in [0.717, 1.165) is 25.1 Å². The van der Waals surface area contributed by atoms with Crippen LogP contribution in [0.4, 0.5) is 0 Å². The predicted molar refractivity (Wildman–Crippen MR) is 47.5 cm³/mol. The van der Waals surface area contributed by atoms with E-state index in [1.54, 1.807) is 0 Å². The molecule has 64 valence electrons. The predicted octanol–water partition coefficient (Wildman–Crippen LogP) is 0.186. The van der Waals surface area contributed by atoms with E-state index in [9.17, 15) is 0 Å². The Morgan fingerprint density at radius 2 is 2.50 bits per heavy atom. The third kappa shape index (κ3) is 1.33. The summed E-state index contributed by atoms with van der Waals surface area (Å²) in [5.41, 5.74) is 9.20. The lowest BCUT2D eigenvalue weighted by atomic mass is 10.0. The highest BCUT2D eigenvalue weighted by Crippen LogP contribution is 2.12. The van der Waals surface area contributed by atoms with Crippen molar-refractivity contribution < 1.29 is 0 Å². The number of aromatic nitrogens is 1. The van der Waals surface area contributed by atoms with Gasteiger partial charge in [-0.05, 0) is 24.1 Å². The van der Waals surface area contributed by atoms with Crippen LogP contribution in [0, 0.1) is 0 Å². The molecule has 0 bridgehead atoms. The Kier molecular flexibility index (Phi) is 2.06. The van der Waals surface area contributed by atoms with Gasteiger partial charge in [-0.2, -0.15) is 0 Å². The Balaban J connectivity index is 2.36. The lowest BCUT2D eigenvalue weighted by Crippen LogP contribution is -2.24. The molecule has 3 nitrogen and oxygen atoms in total. The van der Waals surface area contributed by atoms with Gasteiger partial charge in [0.15, 0.2) is 0 Å². The molecule has 0 saturated carbocycles. The second-order valence-electron chi connectivity index (χ2n) is 3.08. The van der Waals surface area contributed by atoms with Gasteiger partial charge in [0.2, 0.25) is 0 Å². The fraction of sp³-hybridized carbons (Fsp3) is 0.444. The van der Waals surface area contributed by atoms with Gasteiger partial charge in [0.25, 0.3) is 0 Å². The van der Waals surface area contributed by atoms with Crippen LogP contribution in [0.25, 0.3) is 0 Å². The summed E-state index contributed by atoms with van der Waals surface area (Å²) in [4.78, 5) is 4.35. The first-order chi connectivity index (χ1) is 5.90. The molecule has 0 spiro atoms. The van der Waals surface area contributed by atoms with Crippen molar-refractivity contribution in [3.63, 3.8) is 0 Å². The highest BCUT2D eigenvalue weighted by Gasteiger charge is 2.09. The number of fused-ring (bicyclic) bond motifs is 1. The standard InChI is InChI=1S/C9H13N3/c10-4-7-3-8-1-2-11-6-9(8)12-5-7/h3,5,11H,1-2,4,6,10H2. The first-order valence-electron chi connectivity index (χ1n) is 4.27. The molecule has 0 amide bonds. The zero-order valence-electron chi connectivity index (χ0n) is 7.01. The third-order valence-corrected chi connectivity index (χ3v) is 2.22. The van der Waals surface area contributed by atoms with Gasteiger partial charge in [-0.25, -0.2) is 0 Å². The van der Waals surface area contributed by atoms with E-state index >= 15 is 0 Å². The molecule has 0 radical (unpaired) electrons. The lowest BCUT2D eigenvalue weighted by molar-refractivity contribution is 0.625. The first-order valence-corrected chi connectivity index (χ1v) is 4.27. The molecule has 0 atom stereocenters. The quantitative estimate of drug-likeness (QED) is 0.621. The van der Waals surface area contributed by atoms with Crippen molar-refractivity contribution in [1.29, 1.82) is 0 Å². The second kappa shape index (κ2) is 3.21. The van der Waals surface area contributed by atoms with Gasteiger partial charge in [-0.1, -0.05) is 6.07 Å². The number of nitrogens with one attached hydrogen (secondary N) is 1. The minimum atomic E-state index is 0.591. The first kappa shape index (κ1) is 7.71. The molecule has 2 heterocycles. The Morgan fingerprint density at radius 3 is 3.33 bits per heavy atom. The zero-order chi connectivity index (χ0) is 8.39. The average molecular weight is 163 g/mol. The summed E-state index contributed by atoms with van der Waals surface area (Å²) in [5, 5.41) is 3.28. The third-order valence-electron chi connectivity index (χ3n) is 2.22. The van der Waals surface area contributed by atoms with Gasteiger partial charge in [0.05, 0.1) is 5.69 Å². The van der Waals surface area contributed by atoms with Crippen LogP contribution in [0.15, 0.2) is 12.3 Å². The largest absolute Gasteiger partial charge is 0.326 e. The Hall–Kier alpha value is -0.930. The highest BCUT2D eigenvalue weighted by atomic mass is 14.9. The fourth-order valence-corrected chi connectivity index (χ4v) is 1.51. The molecule has 12 heavy (non-hydrogen) atoms. The minimum absolute atomic E-state index is 0.591. The van der Waals surface area contributed by atoms with Crippen LogP contribution < -0.4 is 11.1 Å². The van der Waals surface area contributed by atoms with Crippen LogP contribution in [0.3, 0.4) is 0 Å². The van der Waals surface area contributed by atoms with Crippen LogP contribution in [-0.4, -0.2) is 11.5 Å². The molecule has 1 aliphatic heterocycles. The van der Waals surface area contributed by atoms with Crippen molar-refractivity contribution in [2.24, 2.45) is 5.73 Å². The fourth-order valence-electron chi connectivity index (χ4n) is 1.51. The molecule has 3 heteroatoms. The van der Waals surface area contributed by atoms with E-state index in [0.29, 0.717) is 6.54 Å². The Labute approximate surface area is 72.0 Å². The van der Waals surface area contributed by atoms with Crippen LogP contribution in [0.5, 0.6) is 0 Å². The van der Waals surface area contributed by atoms with Gasteiger partial charge >= 0.3 is 0 Å². The number of nitrogens with two attached hydrogens (primary N) is 1. The molecule has 0 aromatic carbocycles. The van der Waals surface area contributed by atoms with E-state index < -0.39 is 0 Å². The van der Waals surface area contributed by atoms with Gasteiger partial charge < -0.3 is 11.1 Å². The zero-order valence-corrected chi connectivity index (χ0v) is 7.01.